The standard InChI is InChI=1S/C20H26ClO3P/c21-20(18-12-6-4-7-13-18,19-14-8-5-9-15-19)16-10-2-1-3-11-17-24-25(22)23/h4-9,12-15,22-23H,1-3,10-11,16-17H2. The van der Waals surface area contributed by atoms with Crippen molar-refractivity contribution >= 4 is 20.2 Å². The second-order valence-electron chi connectivity index (χ2n) is 6.14. The number of hydrogen-bond donors (Lipinski definition) is 2. The molecular formula is C20H26ClO3P. The summed E-state index contributed by atoms with van der Waals surface area (Å²) in [7, 11) is -2.21. The Bertz CT molecular complexity index is 553. The number of hydrogen-bond acceptors (Lipinski definition) is 3. The molecule has 0 atom stereocenters. The normalized spacial score (nSPS) is 11.8. The van der Waals surface area contributed by atoms with Crippen LogP contribution in [0.1, 0.15) is 49.7 Å². The van der Waals surface area contributed by atoms with Gasteiger partial charge >= 0.3 is 8.60 Å². The van der Waals surface area contributed by atoms with Crippen LogP contribution in [0.5, 0.6) is 0 Å². The molecule has 0 fully saturated rings. The molecule has 0 aliphatic heterocycles. The second kappa shape index (κ2) is 10.9. The highest BCUT2D eigenvalue weighted by molar-refractivity contribution is 7.39. The maximum absolute atomic E-state index is 8.68. The van der Waals surface area contributed by atoms with E-state index in [4.69, 9.17) is 25.9 Å². The summed E-state index contributed by atoms with van der Waals surface area (Å²) >= 11 is 7.11. The minimum Gasteiger partial charge on any atom is -0.328 e. The summed E-state index contributed by atoms with van der Waals surface area (Å²) in [6.45, 7) is 0.409. The van der Waals surface area contributed by atoms with Crippen molar-refractivity contribution in [3.05, 3.63) is 71.8 Å². The van der Waals surface area contributed by atoms with E-state index in [1.807, 2.05) is 36.4 Å². The smallest absolute Gasteiger partial charge is 0.327 e. The molecule has 3 nitrogen and oxygen atoms in total. The topological polar surface area (TPSA) is 49.7 Å². The zero-order valence-electron chi connectivity index (χ0n) is 14.4. The lowest BCUT2D eigenvalue weighted by atomic mass is 9.86. The molecule has 0 unspecified atom stereocenters. The molecule has 2 aromatic rings. The molecule has 0 aromatic heterocycles. The van der Waals surface area contributed by atoms with Gasteiger partial charge in [0, 0.05) is 0 Å². The van der Waals surface area contributed by atoms with Crippen molar-refractivity contribution in [1.82, 2.24) is 0 Å². The minimum atomic E-state index is -2.21. The molecule has 25 heavy (non-hydrogen) atoms. The molecular weight excluding hydrogens is 355 g/mol. The summed E-state index contributed by atoms with van der Waals surface area (Å²) in [5.41, 5.74) is 2.27. The highest BCUT2D eigenvalue weighted by Crippen LogP contribution is 2.41. The predicted octanol–water partition coefficient (Wildman–Crippen LogP) is 5.74. The van der Waals surface area contributed by atoms with Crippen molar-refractivity contribution in [2.24, 2.45) is 0 Å². The number of benzene rings is 2. The Morgan fingerprint density at radius 1 is 0.760 bits per heavy atom. The quantitative estimate of drug-likeness (QED) is 0.297. The van der Waals surface area contributed by atoms with E-state index in [-0.39, 0.29) is 0 Å². The van der Waals surface area contributed by atoms with E-state index in [1.165, 1.54) is 0 Å². The number of halogens is 1. The summed E-state index contributed by atoms with van der Waals surface area (Å²) < 4.78 is 4.77. The van der Waals surface area contributed by atoms with Gasteiger partial charge in [-0.3, -0.25) is 0 Å². The first-order chi connectivity index (χ1) is 12.1. The molecule has 0 heterocycles. The Kier molecular flexibility index (Phi) is 8.88. The molecule has 0 saturated carbocycles. The monoisotopic (exact) mass is 380 g/mol. The third kappa shape index (κ3) is 6.69. The summed E-state index contributed by atoms with van der Waals surface area (Å²) in [6, 6.07) is 20.5. The molecule has 0 saturated heterocycles. The van der Waals surface area contributed by atoms with Gasteiger partial charge in [0.1, 0.15) is 0 Å². The molecule has 0 aliphatic rings. The Labute approximate surface area is 156 Å². The average Bonchev–Trinajstić information content (AvgIpc) is 2.65. The van der Waals surface area contributed by atoms with Crippen molar-refractivity contribution < 1.29 is 14.3 Å². The Balaban J connectivity index is 1.86. The zero-order valence-corrected chi connectivity index (χ0v) is 16.0. The largest absolute Gasteiger partial charge is 0.328 e. The Hall–Kier alpha value is -0.960. The Morgan fingerprint density at radius 3 is 1.76 bits per heavy atom. The van der Waals surface area contributed by atoms with Crippen molar-refractivity contribution in [3.63, 3.8) is 0 Å². The van der Waals surface area contributed by atoms with E-state index in [1.54, 1.807) is 0 Å². The van der Waals surface area contributed by atoms with E-state index < -0.39 is 13.5 Å². The van der Waals surface area contributed by atoms with Gasteiger partial charge in [0.05, 0.1) is 11.5 Å². The van der Waals surface area contributed by atoms with Gasteiger partial charge in [-0.25, -0.2) is 0 Å². The third-order valence-electron chi connectivity index (χ3n) is 4.34. The maximum Gasteiger partial charge on any atom is 0.327 e. The van der Waals surface area contributed by atoms with Crippen LogP contribution in [0.15, 0.2) is 60.7 Å². The molecule has 136 valence electrons. The highest BCUT2D eigenvalue weighted by Gasteiger charge is 2.30. The molecule has 2 rings (SSSR count). The lowest BCUT2D eigenvalue weighted by Crippen LogP contribution is -2.20. The molecule has 0 amide bonds. The first-order valence-electron chi connectivity index (χ1n) is 8.74. The van der Waals surface area contributed by atoms with Gasteiger partial charge in [0.25, 0.3) is 0 Å². The molecule has 0 aliphatic carbocycles. The molecule has 2 N–H and O–H groups in total. The SMILES string of the molecule is OP(O)OCCCCCCCC(Cl)(c1ccccc1)c1ccccc1. The van der Waals surface area contributed by atoms with Crippen LogP contribution < -0.4 is 0 Å². The van der Waals surface area contributed by atoms with Crippen molar-refractivity contribution in [3.8, 4) is 0 Å². The van der Waals surface area contributed by atoms with Crippen LogP contribution in [0.3, 0.4) is 0 Å². The van der Waals surface area contributed by atoms with Crippen LogP contribution in [0.4, 0.5) is 0 Å². The number of rotatable bonds is 11. The summed E-state index contributed by atoms with van der Waals surface area (Å²) in [6.07, 6.45) is 5.99. The van der Waals surface area contributed by atoms with Gasteiger partial charge < -0.3 is 14.3 Å². The third-order valence-corrected chi connectivity index (χ3v) is 5.37. The van der Waals surface area contributed by atoms with Crippen LogP contribution in [-0.2, 0) is 9.40 Å². The minimum absolute atomic E-state index is 0.409. The lowest BCUT2D eigenvalue weighted by Gasteiger charge is -2.28. The Morgan fingerprint density at radius 2 is 1.24 bits per heavy atom. The number of unbranched alkanes of at least 4 members (excludes halogenated alkanes) is 4. The van der Waals surface area contributed by atoms with Gasteiger partial charge in [0.15, 0.2) is 0 Å². The summed E-state index contributed by atoms with van der Waals surface area (Å²) in [5.74, 6) is 0. The van der Waals surface area contributed by atoms with E-state index in [2.05, 4.69) is 24.3 Å². The maximum atomic E-state index is 8.68. The van der Waals surface area contributed by atoms with Gasteiger partial charge in [-0.1, -0.05) is 86.3 Å². The fourth-order valence-electron chi connectivity index (χ4n) is 3.01. The second-order valence-corrected chi connectivity index (χ2v) is 7.55. The molecule has 0 spiro atoms. The van der Waals surface area contributed by atoms with Gasteiger partial charge in [-0.15, -0.1) is 11.6 Å². The van der Waals surface area contributed by atoms with Crippen LogP contribution in [0.2, 0.25) is 0 Å². The summed E-state index contributed by atoms with van der Waals surface area (Å²) in [4.78, 5) is 16.9. The molecule has 2 aromatic carbocycles. The number of alkyl halides is 1. The predicted molar refractivity (Wildman–Crippen MR) is 105 cm³/mol. The summed E-state index contributed by atoms with van der Waals surface area (Å²) in [5, 5.41) is 0. The van der Waals surface area contributed by atoms with Crippen LogP contribution >= 0.6 is 20.2 Å². The van der Waals surface area contributed by atoms with E-state index in [0.29, 0.717) is 6.61 Å². The van der Waals surface area contributed by atoms with Gasteiger partial charge in [-0.05, 0) is 24.0 Å². The van der Waals surface area contributed by atoms with Gasteiger partial charge in [-0.2, -0.15) is 0 Å². The highest BCUT2D eigenvalue weighted by atomic mass is 35.5. The molecule has 0 radical (unpaired) electrons. The molecule has 5 heteroatoms. The zero-order chi connectivity index (χ0) is 18.0. The fraction of sp³-hybridized carbons (Fsp3) is 0.400. The van der Waals surface area contributed by atoms with E-state index in [9.17, 15) is 0 Å². The van der Waals surface area contributed by atoms with Gasteiger partial charge in [0.2, 0.25) is 0 Å². The lowest BCUT2D eigenvalue weighted by molar-refractivity contribution is 0.248. The van der Waals surface area contributed by atoms with Crippen molar-refractivity contribution in [2.75, 3.05) is 6.61 Å². The van der Waals surface area contributed by atoms with Crippen molar-refractivity contribution in [2.45, 2.75) is 43.4 Å². The first-order valence-corrected chi connectivity index (χ1v) is 10.3. The average molecular weight is 381 g/mol. The van der Waals surface area contributed by atoms with Crippen LogP contribution in [-0.4, -0.2) is 16.4 Å². The van der Waals surface area contributed by atoms with E-state index >= 15 is 0 Å². The van der Waals surface area contributed by atoms with Crippen LogP contribution in [0.25, 0.3) is 0 Å². The fourth-order valence-corrected chi connectivity index (χ4v) is 3.69. The van der Waals surface area contributed by atoms with Crippen LogP contribution in [0, 0.1) is 0 Å². The molecule has 0 bridgehead atoms. The first kappa shape index (κ1) is 20.4. The van der Waals surface area contributed by atoms with Crippen molar-refractivity contribution in [1.29, 1.82) is 0 Å². The van der Waals surface area contributed by atoms with E-state index in [0.717, 1.165) is 49.7 Å².